The van der Waals surface area contributed by atoms with Crippen molar-refractivity contribution in [2.75, 3.05) is 13.2 Å². The van der Waals surface area contributed by atoms with Gasteiger partial charge in [0.1, 0.15) is 24.1 Å². The van der Waals surface area contributed by atoms with Gasteiger partial charge in [-0.1, -0.05) is 12.1 Å². The summed E-state index contributed by atoms with van der Waals surface area (Å²) in [4.78, 5) is 24.7. The Hall–Kier alpha value is -2.96. The zero-order valence-corrected chi connectivity index (χ0v) is 18.1. The second kappa shape index (κ2) is 10.1. The Kier molecular flexibility index (Phi) is 7.19. The molecule has 4 rings (SSSR count). The van der Waals surface area contributed by atoms with Crippen LogP contribution in [0.4, 0.5) is 0 Å². The van der Waals surface area contributed by atoms with E-state index in [1.54, 1.807) is 6.08 Å². The number of carbonyl (C=O) groups is 2. The first-order chi connectivity index (χ1) is 16.3. The zero-order valence-electron chi connectivity index (χ0n) is 18.1. The van der Waals surface area contributed by atoms with Crippen molar-refractivity contribution >= 4 is 11.9 Å². The first kappa shape index (κ1) is 24.2. The van der Waals surface area contributed by atoms with Gasteiger partial charge in [0.05, 0.1) is 30.6 Å². The molecule has 0 saturated carbocycles. The lowest BCUT2D eigenvalue weighted by Crippen LogP contribution is -2.61. The van der Waals surface area contributed by atoms with Crippen molar-refractivity contribution in [3.63, 3.8) is 0 Å². The first-order valence-electron chi connectivity index (χ1n) is 10.8. The average Bonchev–Trinajstić information content (AvgIpc) is 2.83. The molecule has 34 heavy (non-hydrogen) atoms. The van der Waals surface area contributed by atoms with Gasteiger partial charge in [-0.3, -0.25) is 0 Å². The van der Waals surface area contributed by atoms with Crippen molar-refractivity contribution in [2.45, 2.75) is 43.4 Å². The van der Waals surface area contributed by atoms with Crippen molar-refractivity contribution in [3.05, 3.63) is 54.3 Å². The van der Waals surface area contributed by atoms with E-state index in [9.17, 15) is 30.0 Å². The summed E-state index contributed by atoms with van der Waals surface area (Å²) < 4.78 is 27.6. The van der Waals surface area contributed by atoms with Crippen molar-refractivity contribution < 1.29 is 53.7 Å². The molecule has 0 aliphatic carbocycles. The summed E-state index contributed by atoms with van der Waals surface area (Å²) in [5.74, 6) is -2.36. The van der Waals surface area contributed by atoms with Crippen molar-refractivity contribution in [1.29, 1.82) is 0 Å². The molecular weight excluding hydrogens is 452 g/mol. The maximum Gasteiger partial charge on any atom is 0.338 e. The molecule has 4 N–H and O–H groups in total. The quantitative estimate of drug-likeness (QED) is 0.321. The molecule has 0 amide bonds. The standard InChI is InChI=1S/C23H26O11/c1-2-13-14-6-7-30-21(29)15(14)10-31-22(13)34-23-19(18(27)17(26)16(9-24)32-23)33-20(28)11-4-3-5-12(25)8-11/h2-5,8,10,13-14,16-19,22-27H,1,6-7,9H2/t13-,14+,16-,17-,18+,19-,22+,23+/m1/s1. The molecule has 0 radical (unpaired) electrons. The minimum absolute atomic E-state index is 0.00380. The van der Waals surface area contributed by atoms with Gasteiger partial charge in [0.15, 0.2) is 6.10 Å². The van der Waals surface area contributed by atoms with Gasteiger partial charge in [-0.25, -0.2) is 9.59 Å². The minimum Gasteiger partial charge on any atom is -0.508 e. The predicted octanol–water partition coefficient (Wildman–Crippen LogP) is -0.0213. The fourth-order valence-electron chi connectivity index (χ4n) is 4.27. The summed E-state index contributed by atoms with van der Waals surface area (Å²) in [5, 5.41) is 40.2. The molecule has 3 aliphatic rings. The van der Waals surface area contributed by atoms with Crippen LogP contribution in [0.25, 0.3) is 0 Å². The van der Waals surface area contributed by atoms with Gasteiger partial charge < -0.3 is 44.1 Å². The number of carbonyl (C=O) groups excluding carboxylic acids is 2. The van der Waals surface area contributed by atoms with Crippen LogP contribution in [0.3, 0.4) is 0 Å². The molecule has 1 aromatic carbocycles. The van der Waals surface area contributed by atoms with Crippen LogP contribution in [-0.4, -0.2) is 82.6 Å². The third-order valence-electron chi connectivity index (χ3n) is 6.10. The third-order valence-corrected chi connectivity index (χ3v) is 6.10. The molecular formula is C23H26O11. The Morgan fingerprint density at radius 3 is 2.74 bits per heavy atom. The van der Waals surface area contributed by atoms with Crippen molar-refractivity contribution in [1.82, 2.24) is 0 Å². The van der Waals surface area contributed by atoms with E-state index in [1.807, 2.05) is 0 Å². The summed E-state index contributed by atoms with van der Waals surface area (Å²) >= 11 is 0. The van der Waals surface area contributed by atoms with Crippen LogP contribution in [0.1, 0.15) is 16.8 Å². The second-order valence-electron chi connectivity index (χ2n) is 8.18. The van der Waals surface area contributed by atoms with E-state index in [0.29, 0.717) is 12.0 Å². The van der Waals surface area contributed by atoms with Gasteiger partial charge in [-0.05, 0) is 24.6 Å². The van der Waals surface area contributed by atoms with Crippen LogP contribution >= 0.6 is 0 Å². The highest BCUT2D eigenvalue weighted by atomic mass is 16.8. The van der Waals surface area contributed by atoms with E-state index in [4.69, 9.17) is 23.7 Å². The molecule has 1 aromatic rings. The zero-order chi connectivity index (χ0) is 24.4. The van der Waals surface area contributed by atoms with Gasteiger partial charge in [0.25, 0.3) is 0 Å². The summed E-state index contributed by atoms with van der Waals surface area (Å²) in [6, 6.07) is 5.38. The highest BCUT2D eigenvalue weighted by Gasteiger charge is 2.50. The van der Waals surface area contributed by atoms with E-state index in [0.717, 1.165) is 0 Å². The van der Waals surface area contributed by atoms with Crippen molar-refractivity contribution in [3.8, 4) is 5.75 Å². The van der Waals surface area contributed by atoms with Gasteiger partial charge in [0, 0.05) is 11.8 Å². The Labute approximate surface area is 194 Å². The van der Waals surface area contributed by atoms with E-state index in [-0.39, 0.29) is 23.8 Å². The number of cyclic esters (lactones) is 1. The highest BCUT2D eigenvalue weighted by Crippen LogP contribution is 2.39. The number of aliphatic hydroxyl groups excluding tert-OH is 3. The number of hydrogen-bond acceptors (Lipinski definition) is 11. The van der Waals surface area contributed by atoms with Crippen LogP contribution in [0.5, 0.6) is 5.75 Å². The molecule has 0 spiro atoms. The molecule has 2 fully saturated rings. The number of aliphatic hydroxyl groups is 3. The Morgan fingerprint density at radius 1 is 1.24 bits per heavy atom. The molecule has 3 heterocycles. The topological polar surface area (TPSA) is 161 Å². The third kappa shape index (κ3) is 4.65. The maximum absolute atomic E-state index is 12.7. The second-order valence-corrected chi connectivity index (χ2v) is 8.18. The van der Waals surface area contributed by atoms with Crippen LogP contribution in [-0.2, 0) is 28.5 Å². The molecule has 11 nitrogen and oxygen atoms in total. The van der Waals surface area contributed by atoms with Crippen LogP contribution < -0.4 is 0 Å². The fourth-order valence-corrected chi connectivity index (χ4v) is 4.27. The number of rotatable bonds is 6. The lowest BCUT2D eigenvalue weighted by Gasteiger charge is -2.44. The highest BCUT2D eigenvalue weighted by molar-refractivity contribution is 5.90. The molecule has 0 aromatic heterocycles. The molecule has 184 valence electrons. The number of esters is 2. The van der Waals surface area contributed by atoms with Crippen LogP contribution in [0, 0.1) is 11.8 Å². The number of ether oxygens (including phenoxy) is 5. The van der Waals surface area contributed by atoms with Gasteiger partial charge in [-0.2, -0.15) is 0 Å². The SMILES string of the molecule is C=C[C@H]1[C@H](O[C@@H]2O[C@H](CO)[C@@H](O)[C@H](O)[C@H]2OC(=O)c2cccc(O)c2)OC=C2C(=O)OCC[C@H]21. The van der Waals surface area contributed by atoms with Gasteiger partial charge in [-0.15, -0.1) is 6.58 Å². The Morgan fingerprint density at radius 2 is 2.03 bits per heavy atom. The van der Waals surface area contributed by atoms with E-state index in [1.165, 1.54) is 30.5 Å². The normalized spacial score (nSPS) is 35.3. The molecule has 2 saturated heterocycles. The molecule has 8 atom stereocenters. The Bertz CT molecular complexity index is 960. The molecule has 0 unspecified atom stereocenters. The van der Waals surface area contributed by atoms with Crippen molar-refractivity contribution in [2.24, 2.45) is 11.8 Å². The number of aromatic hydroxyl groups is 1. The molecule has 3 aliphatic heterocycles. The predicted molar refractivity (Wildman–Crippen MR) is 112 cm³/mol. The molecule has 0 bridgehead atoms. The van der Waals surface area contributed by atoms with E-state index in [2.05, 4.69) is 6.58 Å². The monoisotopic (exact) mass is 478 g/mol. The summed E-state index contributed by atoms with van der Waals surface area (Å²) in [7, 11) is 0. The van der Waals surface area contributed by atoms with E-state index >= 15 is 0 Å². The summed E-state index contributed by atoms with van der Waals surface area (Å²) in [5.41, 5.74) is 0.340. The largest absolute Gasteiger partial charge is 0.508 e. The first-order valence-corrected chi connectivity index (χ1v) is 10.8. The Balaban J connectivity index is 1.57. The fraction of sp³-hybridized carbons (Fsp3) is 0.478. The average molecular weight is 478 g/mol. The summed E-state index contributed by atoms with van der Waals surface area (Å²) in [6.45, 7) is 3.38. The van der Waals surface area contributed by atoms with Crippen LogP contribution in [0.2, 0.25) is 0 Å². The number of hydrogen-bond donors (Lipinski definition) is 4. The summed E-state index contributed by atoms with van der Waals surface area (Å²) in [6.07, 6.45) is -5.15. The number of benzene rings is 1. The number of fused-ring (bicyclic) bond motifs is 1. The number of phenolic OH excluding ortho intramolecular Hbond substituents is 1. The van der Waals surface area contributed by atoms with E-state index < -0.39 is 61.5 Å². The lowest BCUT2D eigenvalue weighted by molar-refractivity contribution is -0.338. The smallest absolute Gasteiger partial charge is 0.338 e. The van der Waals surface area contributed by atoms with Gasteiger partial charge >= 0.3 is 11.9 Å². The maximum atomic E-state index is 12.7. The molecule has 11 heteroatoms. The van der Waals surface area contributed by atoms with Crippen LogP contribution in [0.15, 0.2) is 48.8 Å². The lowest BCUT2D eigenvalue weighted by atomic mass is 9.81. The minimum atomic E-state index is -1.67. The number of phenols is 1. The van der Waals surface area contributed by atoms with Gasteiger partial charge in [0.2, 0.25) is 12.6 Å².